The molecule has 31 heavy (non-hydrogen) atoms. The Bertz CT molecular complexity index is 1110. The summed E-state index contributed by atoms with van der Waals surface area (Å²) in [6.07, 6.45) is 5.74. The van der Waals surface area contributed by atoms with Crippen LogP contribution in [0.25, 0.3) is 0 Å². The van der Waals surface area contributed by atoms with Gasteiger partial charge in [-0.15, -0.1) is 0 Å². The Balaban J connectivity index is 1.71. The summed E-state index contributed by atoms with van der Waals surface area (Å²) in [5.41, 5.74) is 1.68. The maximum Gasteiger partial charge on any atom is 0.200 e. The van der Waals surface area contributed by atoms with E-state index in [9.17, 15) is 9.90 Å². The van der Waals surface area contributed by atoms with Crippen molar-refractivity contribution >= 4 is 5.78 Å². The highest BCUT2D eigenvalue weighted by Gasteiger charge is 2.78. The lowest BCUT2D eigenvalue weighted by Crippen LogP contribution is -2.79. The molecule has 0 radical (unpaired) electrons. The van der Waals surface area contributed by atoms with Crippen LogP contribution in [0.15, 0.2) is 54.6 Å². The molecule has 6 rings (SSSR count). The van der Waals surface area contributed by atoms with E-state index in [0.29, 0.717) is 12.2 Å². The minimum absolute atomic E-state index is 0.0136. The number of nitrogens with zero attached hydrogens (tertiary/aromatic N) is 1. The molecule has 4 atom stereocenters. The van der Waals surface area contributed by atoms with E-state index in [4.69, 9.17) is 9.47 Å². The Kier molecular flexibility index (Phi) is 3.90. The number of hydrogen-bond acceptors (Lipinski definition) is 5. The van der Waals surface area contributed by atoms with Gasteiger partial charge in [0, 0.05) is 30.7 Å². The second-order valence-electron chi connectivity index (χ2n) is 9.39. The topological polar surface area (TPSA) is 59.0 Å². The van der Waals surface area contributed by atoms with Gasteiger partial charge in [-0.1, -0.05) is 42.5 Å². The molecule has 2 aromatic rings. The third-order valence-electron chi connectivity index (χ3n) is 8.35. The van der Waals surface area contributed by atoms with Crippen molar-refractivity contribution in [2.45, 2.75) is 48.5 Å². The van der Waals surface area contributed by atoms with Crippen LogP contribution in [-0.2, 0) is 34.4 Å². The average molecular weight is 418 g/mol. The van der Waals surface area contributed by atoms with Crippen LogP contribution < -0.4 is 4.74 Å². The third kappa shape index (κ3) is 2.05. The van der Waals surface area contributed by atoms with Gasteiger partial charge in [-0.25, -0.2) is 0 Å². The van der Waals surface area contributed by atoms with Crippen LogP contribution in [-0.4, -0.2) is 53.7 Å². The number of benzene rings is 2. The van der Waals surface area contributed by atoms with E-state index in [1.807, 2.05) is 30.3 Å². The van der Waals surface area contributed by atoms with Crippen molar-refractivity contribution in [1.82, 2.24) is 4.90 Å². The van der Waals surface area contributed by atoms with Gasteiger partial charge >= 0.3 is 0 Å². The quantitative estimate of drug-likeness (QED) is 0.829. The average Bonchev–Trinajstić information content (AvgIpc) is 3.09. The highest BCUT2D eigenvalue weighted by atomic mass is 16.5. The van der Waals surface area contributed by atoms with Crippen LogP contribution in [0.3, 0.4) is 0 Å². The molecule has 2 aliphatic carbocycles. The van der Waals surface area contributed by atoms with Gasteiger partial charge in [0.25, 0.3) is 0 Å². The normalized spacial score (nSPS) is 35.1. The first kappa shape index (κ1) is 19.2. The maximum atomic E-state index is 13.8. The van der Waals surface area contributed by atoms with Gasteiger partial charge in [0.15, 0.2) is 11.4 Å². The van der Waals surface area contributed by atoms with Crippen LogP contribution in [0.5, 0.6) is 5.75 Å². The third-order valence-corrected chi connectivity index (χ3v) is 8.35. The summed E-state index contributed by atoms with van der Waals surface area (Å²) < 4.78 is 13.2. The molecule has 4 aliphatic rings. The summed E-state index contributed by atoms with van der Waals surface area (Å²) in [7, 11) is 3.91. The zero-order chi connectivity index (χ0) is 21.4. The lowest BCUT2D eigenvalue weighted by molar-refractivity contribution is -0.186. The molecular formula is C26H27NO4. The van der Waals surface area contributed by atoms with E-state index < -0.39 is 16.6 Å². The molecule has 1 spiro atoms. The number of rotatable bonds is 4. The fourth-order valence-corrected chi connectivity index (χ4v) is 7.05. The zero-order valence-electron chi connectivity index (χ0n) is 17.9. The van der Waals surface area contributed by atoms with E-state index in [1.54, 1.807) is 13.2 Å². The highest BCUT2D eigenvalue weighted by molar-refractivity contribution is 6.03. The van der Waals surface area contributed by atoms with Gasteiger partial charge < -0.3 is 14.6 Å². The van der Waals surface area contributed by atoms with Crippen molar-refractivity contribution < 1.29 is 19.4 Å². The van der Waals surface area contributed by atoms with Gasteiger partial charge in [0.2, 0.25) is 0 Å². The van der Waals surface area contributed by atoms with Crippen molar-refractivity contribution in [2.75, 3.05) is 20.7 Å². The zero-order valence-corrected chi connectivity index (χ0v) is 17.9. The van der Waals surface area contributed by atoms with Crippen LogP contribution >= 0.6 is 0 Å². The summed E-state index contributed by atoms with van der Waals surface area (Å²) >= 11 is 0. The fourth-order valence-electron chi connectivity index (χ4n) is 7.05. The molecular weight excluding hydrogens is 390 g/mol. The van der Waals surface area contributed by atoms with E-state index in [2.05, 4.69) is 30.1 Å². The SMILES string of the molecule is CO[C@@]12C=CC(=O)[C@]3(Cc4ccccc4)Oc4c(CO)ccc5c4[C@@]31CCN(C)C2C5. The number of ketones is 1. The van der Waals surface area contributed by atoms with Crippen molar-refractivity contribution in [3.05, 3.63) is 76.9 Å². The molecule has 0 aromatic heterocycles. The van der Waals surface area contributed by atoms with Crippen LogP contribution in [0, 0.1) is 0 Å². The van der Waals surface area contributed by atoms with E-state index in [0.717, 1.165) is 36.1 Å². The molecule has 1 unspecified atom stereocenters. The highest BCUT2D eigenvalue weighted by Crippen LogP contribution is 2.67. The Labute approximate surface area is 182 Å². The molecule has 2 heterocycles. The van der Waals surface area contributed by atoms with Crippen molar-refractivity contribution in [1.29, 1.82) is 0 Å². The summed E-state index contributed by atoms with van der Waals surface area (Å²) in [5.74, 6) is 0.678. The lowest BCUT2D eigenvalue weighted by atomic mass is 9.45. The molecule has 1 N–H and O–H groups in total. The molecule has 5 heteroatoms. The molecule has 2 aliphatic heterocycles. The smallest absolute Gasteiger partial charge is 0.200 e. The molecule has 0 saturated carbocycles. The standard InChI is InChI=1S/C26H27NO4/c1-27-13-12-24-22-18-8-9-19(16-28)23(22)31-26(24,15-17-6-4-3-5-7-17)21(29)10-11-25(24,30-2)20(27)14-18/h3-11,20,28H,12-16H2,1-2H3/t20?,24-,25-,26+/m1/s1. The van der Waals surface area contributed by atoms with E-state index in [1.165, 1.54) is 5.56 Å². The first-order valence-electron chi connectivity index (χ1n) is 11.0. The number of methoxy groups -OCH3 is 1. The van der Waals surface area contributed by atoms with Crippen LogP contribution in [0.1, 0.15) is 28.7 Å². The fraction of sp³-hybridized carbons (Fsp3) is 0.423. The predicted molar refractivity (Wildman–Crippen MR) is 116 cm³/mol. The largest absolute Gasteiger partial charge is 0.477 e. The van der Waals surface area contributed by atoms with Crippen molar-refractivity contribution in [3.63, 3.8) is 0 Å². The second-order valence-corrected chi connectivity index (χ2v) is 9.39. The number of carbonyl (C=O) groups excluding carboxylic acids is 1. The van der Waals surface area contributed by atoms with Gasteiger partial charge in [-0.2, -0.15) is 0 Å². The van der Waals surface area contributed by atoms with E-state index in [-0.39, 0.29) is 18.4 Å². The maximum absolute atomic E-state index is 13.8. The van der Waals surface area contributed by atoms with Crippen molar-refractivity contribution in [3.8, 4) is 5.75 Å². The molecule has 2 bridgehead atoms. The van der Waals surface area contributed by atoms with Crippen LogP contribution in [0.2, 0.25) is 0 Å². The number of likely N-dealkylation sites (N-methyl/N-ethyl adjacent to an activating group) is 1. The summed E-state index contributed by atoms with van der Waals surface area (Å²) in [4.78, 5) is 16.2. The van der Waals surface area contributed by atoms with E-state index >= 15 is 0 Å². The number of piperidine rings is 1. The minimum atomic E-state index is -1.10. The molecule has 1 fully saturated rings. The van der Waals surface area contributed by atoms with Crippen LogP contribution in [0.4, 0.5) is 0 Å². The molecule has 2 aromatic carbocycles. The summed E-state index contributed by atoms with van der Waals surface area (Å²) in [5, 5.41) is 10.1. The van der Waals surface area contributed by atoms with Gasteiger partial charge in [-0.3, -0.25) is 9.69 Å². The monoisotopic (exact) mass is 417 g/mol. The molecule has 5 nitrogen and oxygen atoms in total. The number of aliphatic hydroxyl groups is 1. The summed E-state index contributed by atoms with van der Waals surface area (Å²) in [6.45, 7) is 0.740. The molecule has 1 saturated heterocycles. The summed E-state index contributed by atoms with van der Waals surface area (Å²) in [6, 6.07) is 14.3. The number of aliphatic hydroxyl groups excluding tert-OH is 1. The predicted octanol–water partition coefficient (Wildman–Crippen LogP) is 2.57. The van der Waals surface area contributed by atoms with Gasteiger partial charge in [0.1, 0.15) is 11.4 Å². The van der Waals surface area contributed by atoms with Gasteiger partial charge in [0.05, 0.1) is 12.0 Å². The first-order chi connectivity index (χ1) is 15.0. The van der Waals surface area contributed by atoms with Crippen molar-refractivity contribution in [2.24, 2.45) is 0 Å². The first-order valence-corrected chi connectivity index (χ1v) is 11.0. The minimum Gasteiger partial charge on any atom is -0.477 e. The lowest BCUT2D eigenvalue weighted by Gasteiger charge is -2.64. The Morgan fingerprint density at radius 3 is 2.77 bits per heavy atom. The number of carbonyl (C=O) groups is 1. The second kappa shape index (κ2) is 6.28. The number of ether oxygens (including phenoxy) is 2. The van der Waals surface area contributed by atoms with Gasteiger partial charge in [-0.05, 0) is 49.7 Å². The Morgan fingerprint density at radius 1 is 1.23 bits per heavy atom. The Morgan fingerprint density at radius 2 is 2.03 bits per heavy atom. The number of hydrogen-bond donors (Lipinski definition) is 1. The Hall–Kier alpha value is -2.47. The molecule has 160 valence electrons. The number of likely N-dealkylation sites (tertiary alicyclic amines) is 1. The molecule has 0 amide bonds.